The molecule has 0 N–H and O–H groups in total. The zero-order chi connectivity index (χ0) is 19.1. The second kappa shape index (κ2) is 9.19. The topological polar surface area (TPSA) is 54.9 Å². The monoisotopic (exact) mass is 367 g/mol. The SMILES string of the molecule is COc1ccc(/C=C/C(=O)N2CCN(Cc3cccnc3)CC2)c(OC)c1. The molecule has 2 heterocycles. The molecule has 1 aromatic heterocycles. The van der Waals surface area contributed by atoms with Crippen LogP contribution in [0.4, 0.5) is 0 Å². The molecular formula is C21H25N3O3. The van der Waals surface area contributed by atoms with Gasteiger partial charge in [-0.1, -0.05) is 6.07 Å². The standard InChI is InChI=1S/C21H25N3O3/c1-26-19-7-5-18(20(14-19)27-2)6-8-21(25)24-12-10-23(11-13-24)16-17-4-3-9-22-15-17/h3-9,14-15H,10-13,16H2,1-2H3/b8-6+. The van der Waals surface area contributed by atoms with Crippen LogP contribution in [0.5, 0.6) is 11.5 Å². The Balaban J connectivity index is 1.54. The first-order chi connectivity index (χ1) is 13.2. The van der Waals surface area contributed by atoms with E-state index in [1.807, 2.05) is 29.3 Å². The fraction of sp³-hybridized carbons (Fsp3) is 0.333. The van der Waals surface area contributed by atoms with Crippen molar-refractivity contribution in [3.63, 3.8) is 0 Å². The van der Waals surface area contributed by atoms with E-state index in [4.69, 9.17) is 9.47 Å². The summed E-state index contributed by atoms with van der Waals surface area (Å²) in [6, 6.07) is 9.57. The number of piperazine rings is 1. The van der Waals surface area contributed by atoms with Gasteiger partial charge in [0.2, 0.25) is 5.91 Å². The van der Waals surface area contributed by atoms with Gasteiger partial charge in [0.15, 0.2) is 0 Å². The second-order valence-corrected chi connectivity index (χ2v) is 6.40. The first-order valence-corrected chi connectivity index (χ1v) is 9.00. The summed E-state index contributed by atoms with van der Waals surface area (Å²) in [6.45, 7) is 4.04. The Labute approximate surface area is 160 Å². The Bertz CT molecular complexity index is 785. The Hall–Kier alpha value is -2.86. The largest absolute Gasteiger partial charge is 0.497 e. The Kier molecular flexibility index (Phi) is 6.44. The zero-order valence-electron chi connectivity index (χ0n) is 15.8. The third-order valence-electron chi connectivity index (χ3n) is 4.66. The molecule has 0 radical (unpaired) electrons. The second-order valence-electron chi connectivity index (χ2n) is 6.40. The van der Waals surface area contributed by atoms with Crippen LogP contribution in [0.25, 0.3) is 6.08 Å². The molecule has 1 aromatic carbocycles. The van der Waals surface area contributed by atoms with Gasteiger partial charge >= 0.3 is 0 Å². The van der Waals surface area contributed by atoms with Crippen molar-refractivity contribution in [1.82, 2.24) is 14.8 Å². The van der Waals surface area contributed by atoms with E-state index in [0.29, 0.717) is 5.75 Å². The molecule has 0 unspecified atom stereocenters. The molecule has 0 atom stereocenters. The van der Waals surface area contributed by atoms with E-state index in [1.165, 1.54) is 5.56 Å². The fourth-order valence-electron chi connectivity index (χ4n) is 3.10. The minimum absolute atomic E-state index is 0.0221. The molecule has 1 saturated heterocycles. The van der Waals surface area contributed by atoms with Crippen LogP contribution in [0.1, 0.15) is 11.1 Å². The van der Waals surface area contributed by atoms with Crippen molar-refractivity contribution in [3.8, 4) is 11.5 Å². The van der Waals surface area contributed by atoms with Crippen molar-refractivity contribution in [2.45, 2.75) is 6.54 Å². The molecule has 142 valence electrons. The number of aromatic nitrogens is 1. The van der Waals surface area contributed by atoms with Crippen molar-refractivity contribution in [3.05, 3.63) is 59.9 Å². The first kappa shape index (κ1) is 18.9. The summed E-state index contributed by atoms with van der Waals surface area (Å²) >= 11 is 0. The molecule has 6 nitrogen and oxygen atoms in total. The molecule has 1 aliphatic rings. The number of carbonyl (C=O) groups is 1. The van der Waals surface area contributed by atoms with E-state index in [1.54, 1.807) is 38.6 Å². The van der Waals surface area contributed by atoms with Crippen LogP contribution in [0, 0.1) is 0 Å². The summed E-state index contributed by atoms with van der Waals surface area (Å²) < 4.78 is 10.6. The molecule has 6 heteroatoms. The van der Waals surface area contributed by atoms with Gasteiger partial charge in [0.1, 0.15) is 11.5 Å². The predicted octanol–water partition coefficient (Wildman–Crippen LogP) is 2.46. The summed E-state index contributed by atoms with van der Waals surface area (Å²) in [4.78, 5) is 20.9. The Morgan fingerprint density at radius 1 is 1.15 bits per heavy atom. The van der Waals surface area contributed by atoms with Crippen LogP contribution in [-0.4, -0.2) is 61.1 Å². The van der Waals surface area contributed by atoms with Crippen molar-refractivity contribution < 1.29 is 14.3 Å². The van der Waals surface area contributed by atoms with Gasteiger partial charge in [-0.15, -0.1) is 0 Å². The van der Waals surface area contributed by atoms with E-state index in [0.717, 1.165) is 44.0 Å². The molecule has 1 fully saturated rings. The molecule has 0 bridgehead atoms. The molecule has 1 aliphatic heterocycles. The molecule has 27 heavy (non-hydrogen) atoms. The number of benzene rings is 1. The normalized spacial score (nSPS) is 15.1. The number of methoxy groups -OCH3 is 2. The zero-order valence-corrected chi connectivity index (χ0v) is 15.8. The van der Waals surface area contributed by atoms with Gasteiger partial charge in [-0.05, 0) is 29.8 Å². The minimum atomic E-state index is 0.0221. The highest BCUT2D eigenvalue weighted by Crippen LogP contribution is 2.25. The lowest BCUT2D eigenvalue weighted by Gasteiger charge is -2.34. The molecule has 2 aromatic rings. The van der Waals surface area contributed by atoms with E-state index >= 15 is 0 Å². The van der Waals surface area contributed by atoms with Gasteiger partial charge in [-0.25, -0.2) is 0 Å². The number of hydrogen-bond donors (Lipinski definition) is 0. The maximum absolute atomic E-state index is 12.5. The van der Waals surface area contributed by atoms with Crippen LogP contribution in [0.2, 0.25) is 0 Å². The predicted molar refractivity (Wildman–Crippen MR) is 105 cm³/mol. The summed E-state index contributed by atoms with van der Waals surface area (Å²) in [7, 11) is 3.22. The number of carbonyl (C=O) groups excluding carboxylic acids is 1. The van der Waals surface area contributed by atoms with E-state index in [9.17, 15) is 4.79 Å². The van der Waals surface area contributed by atoms with Crippen molar-refractivity contribution in [2.75, 3.05) is 40.4 Å². The molecule has 1 amide bonds. The summed E-state index contributed by atoms with van der Waals surface area (Å²) in [5.74, 6) is 1.42. The van der Waals surface area contributed by atoms with Crippen LogP contribution in [0.15, 0.2) is 48.8 Å². The molecule has 3 rings (SSSR count). The summed E-state index contributed by atoms with van der Waals surface area (Å²) in [6.07, 6.45) is 7.08. The fourth-order valence-corrected chi connectivity index (χ4v) is 3.10. The minimum Gasteiger partial charge on any atom is -0.497 e. The number of ether oxygens (including phenoxy) is 2. The quantitative estimate of drug-likeness (QED) is 0.734. The lowest BCUT2D eigenvalue weighted by atomic mass is 10.1. The average Bonchev–Trinajstić information content (AvgIpc) is 2.73. The number of amides is 1. The van der Waals surface area contributed by atoms with E-state index in [2.05, 4.69) is 16.0 Å². The van der Waals surface area contributed by atoms with Gasteiger partial charge in [0.05, 0.1) is 14.2 Å². The first-order valence-electron chi connectivity index (χ1n) is 9.00. The van der Waals surface area contributed by atoms with Crippen LogP contribution in [0.3, 0.4) is 0 Å². The Morgan fingerprint density at radius 2 is 1.96 bits per heavy atom. The lowest BCUT2D eigenvalue weighted by molar-refractivity contribution is -0.127. The molecular weight excluding hydrogens is 342 g/mol. The van der Waals surface area contributed by atoms with Crippen molar-refractivity contribution in [2.24, 2.45) is 0 Å². The van der Waals surface area contributed by atoms with Crippen LogP contribution in [-0.2, 0) is 11.3 Å². The van der Waals surface area contributed by atoms with Gasteiger partial charge in [-0.3, -0.25) is 14.7 Å². The molecule has 0 aliphatic carbocycles. The highest BCUT2D eigenvalue weighted by molar-refractivity contribution is 5.92. The van der Waals surface area contributed by atoms with Crippen molar-refractivity contribution in [1.29, 1.82) is 0 Å². The summed E-state index contributed by atoms with van der Waals surface area (Å²) in [5, 5.41) is 0. The third kappa shape index (κ3) is 5.08. The maximum Gasteiger partial charge on any atom is 0.246 e. The van der Waals surface area contributed by atoms with Gasteiger partial charge < -0.3 is 14.4 Å². The van der Waals surface area contributed by atoms with E-state index < -0.39 is 0 Å². The van der Waals surface area contributed by atoms with Crippen LogP contribution < -0.4 is 9.47 Å². The highest BCUT2D eigenvalue weighted by Gasteiger charge is 2.19. The van der Waals surface area contributed by atoms with Crippen LogP contribution >= 0.6 is 0 Å². The molecule has 0 saturated carbocycles. The Morgan fingerprint density at radius 3 is 2.63 bits per heavy atom. The number of rotatable bonds is 6. The van der Waals surface area contributed by atoms with Gasteiger partial charge in [-0.2, -0.15) is 0 Å². The van der Waals surface area contributed by atoms with Gasteiger partial charge in [0.25, 0.3) is 0 Å². The number of nitrogens with zero attached hydrogens (tertiary/aromatic N) is 3. The average molecular weight is 367 g/mol. The number of pyridine rings is 1. The van der Waals surface area contributed by atoms with Crippen molar-refractivity contribution >= 4 is 12.0 Å². The highest BCUT2D eigenvalue weighted by atomic mass is 16.5. The third-order valence-corrected chi connectivity index (χ3v) is 4.66. The molecule has 0 spiro atoms. The number of hydrogen-bond acceptors (Lipinski definition) is 5. The lowest BCUT2D eigenvalue weighted by Crippen LogP contribution is -2.47. The maximum atomic E-state index is 12.5. The van der Waals surface area contributed by atoms with E-state index in [-0.39, 0.29) is 5.91 Å². The van der Waals surface area contributed by atoms with Gasteiger partial charge in [0, 0.05) is 62.8 Å². The smallest absolute Gasteiger partial charge is 0.246 e. The summed E-state index contributed by atoms with van der Waals surface area (Å²) in [5.41, 5.74) is 2.05.